The van der Waals surface area contributed by atoms with E-state index < -0.39 is 4.84 Å². The Hall–Kier alpha value is -1.18. The van der Waals surface area contributed by atoms with Gasteiger partial charge < -0.3 is 4.74 Å². The van der Waals surface area contributed by atoms with Crippen LogP contribution in [0.1, 0.15) is 21.5 Å². The number of aryl methyl sites for hydroxylation is 1. The molecule has 0 heterocycles. The highest BCUT2D eigenvalue weighted by molar-refractivity contribution is 6.44. The van der Waals surface area contributed by atoms with Gasteiger partial charge in [-0.25, -0.2) is 0 Å². The molecule has 3 heteroatoms. The van der Waals surface area contributed by atoms with Crippen LogP contribution in [0.25, 0.3) is 0 Å². The summed E-state index contributed by atoms with van der Waals surface area (Å²) in [6.45, 7) is 2.49. The SMILES string of the molecule is Cc1ccccc1OCc1ccccc1C(Cl)Cl. The van der Waals surface area contributed by atoms with Gasteiger partial charge in [-0.15, -0.1) is 23.2 Å². The molecular formula is C15H14Cl2O. The minimum Gasteiger partial charge on any atom is -0.489 e. The molecule has 2 aromatic rings. The molecule has 0 radical (unpaired) electrons. The summed E-state index contributed by atoms with van der Waals surface area (Å²) in [4.78, 5) is -0.526. The molecule has 0 aliphatic carbocycles. The van der Waals surface area contributed by atoms with Gasteiger partial charge in [0, 0.05) is 0 Å². The number of benzene rings is 2. The average molecular weight is 281 g/mol. The maximum Gasteiger partial charge on any atom is 0.133 e. The van der Waals surface area contributed by atoms with Gasteiger partial charge in [0.15, 0.2) is 0 Å². The Balaban J connectivity index is 2.14. The number of ether oxygens (including phenoxy) is 1. The van der Waals surface area contributed by atoms with E-state index in [0.717, 1.165) is 22.4 Å². The number of alkyl halides is 2. The maximum absolute atomic E-state index is 5.93. The molecule has 0 fully saturated rings. The van der Waals surface area contributed by atoms with Crippen LogP contribution in [0, 0.1) is 6.92 Å². The number of hydrogen-bond donors (Lipinski definition) is 0. The van der Waals surface area contributed by atoms with E-state index in [1.165, 1.54) is 0 Å². The van der Waals surface area contributed by atoms with E-state index in [9.17, 15) is 0 Å². The lowest BCUT2D eigenvalue weighted by atomic mass is 10.1. The highest BCUT2D eigenvalue weighted by atomic mass is 35.5. The molecule has 2 rings (SSSR count). The molecule has 0 aliphatic heterocycles. The molecule has 2 aromatic carbocycles. The molecule has 0 amide bonds. The van der Waals surface area contributed by atoms with Gasteiger partial charge in [0.1, 0.15) is 17.2 Å². The van der Waals surface area contributed by atoms with Gasteiger partial charge in [-0.2, -0.15) is 0 Å². The molecule has 0 saturated carbocycles. The minimum absolute atomic E-state index is 0.469. The van der Waals surface area contributed by atoms with Gasteiger partial charge >= 0.3 is 0 Å². The van der Waals surface area contributed by atoms with Crippen LogP contribution in [0.4, 0.5) is 0 Å². The summed E-state index contributed by atoms with van der Waals surface area (Å²) in [5.41, 5.74) is 3.02. The van der Waals surface area contributed by atoms with Crippen LogP contribution in [0.2, 0.25) is 0 Å². The molecule has 0 aliphatic rings. The number of halogens is 2. The summed E-state index contributed by atoms with van der Waals surface area (Å²) in [5.74, 6) is 0.882. The Morgan fingerprint density at radius 2 is 1.67 bits per heavy atom. The van der Waals surface area contributed by atoms with Crippen molar-refractivity contribution in [2.75, 3.05) is 0 Å². The predicted octanol–water partition coefficient (Wildman–Crippen LogP) is 5.05. The summed E-state index contributed by atoms with van der Waals surface area (Å²) in [6.07, 6.45) is 0. The quantitative estimate of drug-likeness (QED) is 0.712. The normalized spacial score (nSPS) is 10.7. The smallest absolute Gasteiger partial charge is 0.133 e. The van der Waals surface area contributed by atoms with Gasteiger partial charge in [-0.1, -0.05) is 42.5 Å². The first kappa shape index (κ1) is 13.3. The maximum atomic E-state index is 5.93. The van der Waals surface area contributed by atoms with E-state index in [1.54, 1.807) is 0 Å². The Labute approximate surface area is 117 Å². The standard InChI is InChI=1S/C15H14Cl2O/c1-11-6-2-5-9-14(11)18-10-12-7-3-4-8-13(12)15(16)17/h2-9,15H,10H2,1H3. The first-order valence-electron chi connectivity index (χ1n) is 5.73. The zero-order valence-corrected chi connectivity index (χ0v) is 11.6. The number of rotatable bonds is 4. The summed E-state index contributed by atoms with van der Waals surface area (Å²) in [7, 11) is 0. The summed E-state index contributed by atoms with van der Waals surface area (Å²) < 4.78 is 5.80. The van der Waals surface area contributed by atoms with Crippen LogP contribution in [0.3, 0.4) is 0 Å². The zero-order valence-electron chi connectivity index (χ0n) is 10.1. The van der Waals surface area contributed by atoms with Crippen molar-refractivity contribution >= 4 is 23.2 Å². The van der Waals surface area contributed by atoms with Crippen molar-refractivity contribution < 1.29 is 4.74 Å². The highest BCUT2D eigenvalue weighted by Gasteiger charge is 2.09. The van der Waals surface area contributed by atoms with Crippen molar-refractivity contribution in [3.63, 3.8) is 0 Å². The third-order valence-electron chi connectivity index (χ3n) is 2.77. The van der Waals surface area contributed by atoms with Crippen molar-refractivity contribution in [2.24, 2.45) is 0 Å². The molecule has 0 saturated heterocycles. The second-order valence-corrected chi connectivity index (χ2v) is 5.15. The number of para-hydroxylation sites is 1. The topological polar surface area (TPSA) is 9.23 Å². The fraction of sp³-hybridized carbons (Fsp3) is 0.200. The summed E-state index contributed by atoms with van der Waals surface area (Å²) >= 11 is 11.9. The van der Waals surface area contributed by atoms with Crippen molar-refractivity contribution in [3.8, 4) is 5.75 Å². The molecule has 18 heavy (non-hydrogen) atoms. The fourth-order valence-corrected chi connectivity index (χ4v) is 2.18. The summed E-state index contributed by atoms with van der Waals surface area (Å²) in [6, 6.07) is 15.7. The van der Waals surface area contributed by atoms with Crippen molar-refractivity contribution in [3.05, 3.63) is 65.2 Å². The monoisotopic (exact) mass is 280 g/mol. The predicted molar refractivity (Wildman–Crippen MR) is 76.4 cm³/mol. The molecule has 0 atom stereocenters. The van der Waals surface area contributed by atoms with E-state index in [0.29, 0.717) is 6.61 Å². The van der Waals surface area contributed by atoms with E-state index in [-0.39, 0.29) is 0 Å². The second-order valence-electron chi connectivity index (χ2n) is 4.05. The first-order chi connectivity index (χ1) is 8.68. The third-order valence-corrected chi connectivity index (χ3v) is 3.24. The third kappa shape index (κ3) is 3.18. The molecule has 0 unspecified atom stereocenters. The van der Waals surface area contributed by atoms with E-state index in [2.05, 4.69) is 0 Å². The largest absolute Gasteiger partial charge is 0.489 e. The molecule has 0 bridgehead atoms. The minimum atomic E-state index is -0.526. The lowest BCUT2D eigenvalue weighted by Crippen LogP contribution is -2.00. The van der Waals surface area contributed by atoms with Gasteiger partial charge in [-0.05, 0) is 29.7 Å². The average Bonchev–Trinajstić information content (AvgIpc) is 2.38. The van der Waals surface area contributed by atoms with Gasteiger partial charge in [0.2, 0.25) is 0 Å². The van der Waals surface area contributed by atoms with E-state index in [4.69, 9.17) is 27.9 Å². The van der Waals surface area contributed by atoms with Crippen LogP contribution in [-0.2, 0) is 6.61 Å². The lowest BCUT2D eigenvalue weighted by molar-refractivity contribution is 0.303. The Morgan fingerprint density at radius 3 is 2.39 bits per heavy atom. The first-order valence-corrected chi connectivity index (χ1v) is 6.60. The van der Waals surface area contributed by atoms with Crippen LogP contribution < -0.4 is 4.74 Å². The highest BCUT2D eigenvalue weighted by Crippen LogP contribution is 2.28. The summed E-state index contributed by atoms with van der Waals surface area (Å²) in [5, 5.41) is 0. The molecule has 0 spiro atoms. The molecule has 0 N–H and O–H groups in total. The number of hydrogen-bond acceptors (Lipinski definition) is 1. The van der Waals surface area contributed by atoms with Crippen LogP contribution in [0.15, 0.2) is 48.5 Å². The molecular weight excluding hydrogens is 267 g/mol. The van der Waals surface area contributed by atoms with Crippen molar-refractivity contribution in [1.82, 2.24) is 0 Å². The molecule has 94 valence electrons. The van der Waals surface area contributed by atoms with Crippen LogP contribution >= 0.6 is 23.2 Å². The van der Waals surface area contributed by atoms with Crippen molar-refractivity contribution in [2.45, 2.75) is 18.4 Å². The van der Waals surface area contributed by atoms with E-state index in [1.807, 2.05) is 55.5 Å². The Bertz CT molecular complexity index is 523. The van der Waals surface area contributed by atoms with Gasteiger partial charge in [0.05, 0.1) is 0 Å². The Morgan fingerprint density at radius 1 is 1.00 bits per heavy atom. The van der Waals surface area contributed by atoms with Crippen LogP contribution in [0.5, 0.6) is 5.75 Å². The fourth-order valence-electron chi connectivity index (χ4n) is 1.75. The van der Waals surface area contributed by atoms with Crippen LogP contribution in [-0.4, -0.2) is 0 Å². The van der Waals surface area contributed by atoms with E-state index >= 15 is 0 Å². The van der Waals surface area contributed by atoms with Crippen molar-refractivity contribution in [1.29, 1.82) is 0 Å². The van der Waals surface area contributed by atoms with Gasteiger partial charge in [-0.3, -0.25) is 0 Å². The zero-order chi connectivity index (χ0) is 13.0. The molecule has 0 aromatic heterocycles. The van der Waals surface area contributed by atoms with Gasteiger partial charge in [0.25, 0.3) is 0 Å². The second kappa shape index (κ2) is 6.12. The Kier molecular flexibility index (Phi) is 4.51. The lowest BCUT2D eigenvalue weighted by Gasteiger charge is -2.12. The molecule has 1 nitrogen and oxygen atoms in total.